The molecule has 0 spiro atoms. The number of nitrogens with zero attached hydrogens (tertiary/aromatic N) is 3. The number of fused-ring (bicyclic) bond motifs is 1. The molecule has 0 aliphatic heterocycles. The topological polar surface area (TPSA) is 71.5 Å². The molecule has 0 aliphatic carbocycles. The Balaban J connectivity index is 0.000000140. The first-order valence-electron chi connectivity index (χ1n) is 9.69. The average Bonchev–Trinajstić information content (AvgIpc) is 2.86. The third-order valence-electron chi connectivity index (χ3n) is 4.20. The Hall–Kier alpha value is -4.38. The van der Waals surface area contributed by atoms with E-state index in [2.05, 4.69) is 51.0 Å². The first-order chi connectivity index (χ1) is 15.2. The van der Waals surface area contributed by atoms with Crippen LogP contribution in [0.2, 0.25) is 0 Å². The lowest BCUT2D eigenvalue weighted by Gasteiger charge is -2.04. The van der Waals surface area contributed by atoms with Crippen molar-refractivity contribution in [1.82, 2.24) is 20.2 Å². The fraction of sp³-hybridized carbons (Fsp3) is 0. The molecule has 5 rings (SSSR count). The molecule has 5 nitrogen and oxygen atoms in total. The molecule has 0 saturated carbocycles. The van der Waals surface area contributed by atoms with Gasteiger partial charge in [0, 0.05) is 24.7 Å². The number of nitrogens with one attached hydrogen (secondary N) is 1. The summed E-state index contributed by atoms with van der Waals surface area (Å²) in [7, 11) is 0. The van der Waals surface area contributed by atoms with Crippen molar-refractivity contribution in [2.75, 3.05) is 0 Å². The summed E-state index contributed by atoms with van der Waals surface area (Å²) in [6.07, 6.45) is 4.91. The van der Waals surface area contributed by atoms with Crippen molar-refractivity contribution in [3.05, 3.63) is 144 Å². The molecule has 5 heteroatoms. The molecule has 0 unspecified atom stereocenters. The summed E-state index contributed by atoms with van der Waals surface area (Å²) >= 11 is 0. The van der Waals surface area contributed by atoms with Gasteiger partial charge in [-0.1, -0.05) is 79.4 Å². The maximum Gasteiger partial charge on any atom is 0.264 e. The molecule has 2 heterocycles. The van der Waals surface area contributed by atoms with Crippen LogP contribution < -0.4 is 5.56 Å². The highest BCUT2D eigenvalue weighted by molar-refractivity contribution is 5.77. The smallest absolute Gasteiger partial charge is 0.264 e. The van der Waals surface area contributed by atoms with Gasteiger partial charge < -0.3 is 0 Å². The number of H-pyrrole nitrogens is 1. The van der Waals surface area contributed by atoms with Crippen molar-refractivity contribution in [3.8, 4) is 0 Å². The molecule has 0 fully saturated rings. The molecular weight excluding hydrogens is 384 g/mol. The molecule has 0 bridgehead atoms. The van der Waals surface area contributed by atoms with Crippen molar-refractivity contribution in [2.24, 2.45) is 0 Å². The van der Waals surface area contributed by atoms with E-state index >= 15 is 0 Å². The second-order valence-electron chi connectivity index (χ2n) is 6.37. The highest BCUT2D eigenvalue weighted by atomic mass is 16.1. The van der Waals surface area contributed by atoms with Gasteiger partial charge in [-0.3, -0.25) is 14.8 Å². The fourth-order valence-electron chi connectivity index (χ4n) is 2.67. The van der Waals surface area contributed by atoms with Gasteiger partial charge in [-0.05, 0) is 34.9 Å². The molecule has 0 aliphatic rings. The molecule has 31 heavy (non-hydrogen) atoms. The normalized spacial score (nSPS) is 9.55. The zero-order chi connectivity index (χ0) is 21.7. The van der Waals surface area contributed by atoms with Crippen LogP contribution in [0.5, 0.6) is 0 Å². The van der Waals surface area contributed by atoms with E-state index in [-0.39, 0.29) is 5.56 Å². The van der Waals surface area contributed by atoms with Crippen molar-refractivity contribution in [1.29, 1.82) is 0 Å². The van der Waals surface area contributed by atoms with Gasteiger partial charge in [0.1, 0.15) is 0 Å². The van der Waals surface area contributed by atoms with E-state index in [0.29, 0.717) is 0 Å². The number of hydrogen-bond donors (Lipinski definition) is 1. The maximum atomic E-state index is 10.2. The predicted molar refractivity (Wildman–Crippen MR) is 125 cm³/mol. The van der Waals surface area contributed by atoms with E-state index in [0.717, 1.165) is 16.6 Å². The largest absolute Gasteiger partial charge is 0.268 e. The molecule has 1 N–H and O–H groups in total. The van der Waals surface area contributed by atoms with Crippen LogP contribution in [-0.2, 0) is 0 Å². The first-order valence-corrected chi connectivity index (χ1v) is 9.69. The van der Waals surface area contributed by atoms with E-state index in [1.807, 2.05) is 60.7 Å². The summed E-state index contributed by atoms with van der Waals surface area (Å²) in [6.45, 7) is 4.10. The van der Waals surface area contributed by atoms with Crippen LogP contribution in [0.25, 0.3) is 16.6 Å². The average molecular weight is 406 g/mol. The minimum Gasteiger partial charge on any atom is -0.268 e. The van der Waals surface area contributed by atoms with Gasteiger partial charge in [0.05, 0.1) is 11.0 Å². The number of para-hydroxylation sites is 2. The van der Waals surface area contributed by atoms with Gasteiger partial charge in [-0.2, -0.15) is 5.10 Å². The number of aromatic nitrogens is 4. The Kier molecular flexibility index (Phi) is 7.97. The summed E-state index contributed by atoms with van der Waals surface area (Å²) in [5.41, 5.74) is 5.17. The van der Waals surface area contributed by atoms with Crippen LogP contribution in [0.15, 0.2) is 127 Å². The van der Waals surface area contributed by atoms with E-state index in [1.165, 1.54) is 23.4 Å². The van der Waals surface area contributed by atoms with Crippen molar-refractivity contribution in [3.63, 3.8) is 0 Å². The van der Waals surface area contributed by atoms with Crippen molar-refractivity contribution in [2.45, 2.75) is 0 Å². The van der Waals surface area contributed by atoms with Gasteiger partial charge in [-0.25, -0.2) is 5.10 Å². The van der Waals surface area contributed by atoms with E-state index in [9.17, 15) is 4.79 Å². The van der Waals surface area contributed by atoms with E-state index < -0.39 is 0 Å². The summed E-state index contributed by atoms with van der Waals surface area (Å²) in [5, 5.41) is 5.67. The second-order valence-corrected chi connectivity index (χ2v) is 6.37. The maximum absolute atomic E-state index is 10.2. The Bertz CT molecular complexity index is 1140. The highest BCUT2D eigenvalue weighted by Crippen LogP contribution is 2.20. The lowest BCUT2D eigenvalue weighted by Crippen LogP contribution is -2.02. The molecule has 5 aromatic rings. The molecule has 0 saturated heterocycles. The molecular formula is C26H22N4O. The van der Waals surface area contributed by atoms with Gasteiger partial charge in [0.25, 0.3) is 5.56 Å². The van der Waals surface area contributed by atoms with Crippen LogP contribution in [-0.4, -0.2) is 20.2 Å². The van der Waals surface area contributed by atoms with Crippen LogP contribution in [0.1, 0.15) is 11.1 Å². The number of rotatable bonds is 2. The number of aromatic amines is 1. The minimum absolute atomic E-state index is 0.164. The van der Waals surface area contributed by atoms with E-state index in [1.54, 1.807) is 18.5 Å². The third-order valence-corrected chi connectivity index (χ3v) is 4.20. The number of hydrogen-bond acceptors (Lipinski definition) is 4. The quantitative estimate of drug-likeness (QED) is 0.440. The van der Waals surface area contributed by atoms with Crippen LogP contribution in [0, 0.1) is 0 Å². The number of benzene rings is 3. The Morgan fingerprint density at radius 3 is 1.48 bits per heavy atom. The summed E-state index contributed by atoms with van der Waals surface area (Å²) in [6, 6.07) is 31.3. The standard InChI is InChI=1S/C14H12.C8H6N2.C4H4N2O/c1-12(13-8-4-2-5-9-13)14-10-6-3-7-11-14;1-2-4-8-7(3-1)9-5-6-10-8;7-4-2-1-3-5-6-4/h2-11H,1H2;1-6H;1-3H,(H,6,7). The molecule has 152 valence electrons. The van der Waals surface area contributed by atoms with Crippen LogP contribution >= 0.6 is 0 Å². The highest BCUT2D eigenvalue weighted by Gasteiger charge is 1.99. The zero-order valence-electron chi connectivity index (χ0n) is 16.9. The van der Waals surface area contributed by atoms with Gasteiger partial charge in [0.15, 0.2) is 0 Å². The van der Waals surface area contributed by atoms with Crippen LogP contribution in [0.3, 0.4) is 0 Å². The summed E-state index contributed by atoms with van der Waals surface area (Å²) < 4.78 is 0. The molecule has 0 radical (unpaired) electrons. The van der Waals surface area contributed by atoms with Crippen LogP contribution in [0.4, 0.5) is 0 Å². The SMILES string of the molecule is C=C(c1ccccc1)c1ccccc1.O=c1cccn[nH]1.c1ccc2nccnc2c1. The van der Waals surface area contributed by atoms with Gasteiger partial charge in [-0.15, -0.1) is 0 Å². The minimum atomic E-state index is -0.164. The lowest BCUT2D eigenvalue weighted by atomic mass is 10.0. The Morgan fingerprint density at radius 1 is 0.613 bits per heavy atom. The first kappa shape index (κ1) is 21.3. The molecule has 2 aromatic heterocycles. The van der Waals surface area contributed by atoms with Crippen molar-refractivity contribution < 1.29 is 0 Å². The zero-order valence-corrected chi connectivity index (χ0v) is 16.9. The predicted octanol–water partition coefficient (Wildman–Crippen LogP) is 5.15. The molecule has 0 atom stereocenters. The summed E-state index contributed by atoms with van der Waals surface area (Å²) in [5.74, 6) is 0. The third kappa shape index (κ3) is 6.87. The van der Waals surface area contributed by atoms with Gasteiger partial charge >= 0.3 is 0 Å². The Labute approximate surface area is 180 Å². The second kappa shape index (κ2) is 11.6. The van der Waals surface area contributed by atoms with Crippen molar-refractivity contribution >= 4 is 16.6 Å². The summed E-state index contributed by atoms with van der Waals surface area (Å²) in [4.78, 5) is 18.4. The lowest BCUT2D eigenvalue weighted by molar-refractivity contribution is 0.988. The molecule has 3 aromatic carbocycles. The van der Waals surface area contributed by atoms with Gasteiger partial charge in [0.2, 0.25) is 0 Å². The fourth-order valence-corrected chi connectivity index (χ4v) is 2.67. The Morgan fingerprint density at radius 2 is 1.10 bits per heavy atom. The van der Waals surface area contributed by atoms with E-state index in [4.69, 9.17) is 0 Å². The molecule has 0 amide bonds. The monoisotopic (exact) mass is 406 g/mol.